The van der Waals surface area contributed by atoms with Gasteiger partial charge in [0.05, 0.1) is 4.90 Å². The number of likely N-dealkylation sites (tertiary alicyclic amines) is 1. The second-order valence-corrected chi connectivity index (χ2v) is 7.18. The van der Waals surface area contributed by atoms with E-state index in [2.05, 4.69) is 19.6 Å². The van der Waals surface area contributed by atoms with Crippen LogP contribution < -0.4 is 4.72 Å². The number of nitrogens with one attached hydrogen (secondary N) is 1. The van der Waals surface area contributed by atoms with Gasteiger partial charge in [-0.2, -0.15) is 0 Å². The van der Waals surface area contributed by atoms with Crippen LogP contribution in [0.15, 0.2) is 40.3 Å². The maximum absolute atomic E-state index is 12.1. The fraction of sp³-hybridized carbons (Fsp3) is 0.571. The fourth-order valence-corrected chi connectivity index (χ4v) is 3.61. The van der Waals surface area contributed by atoms with Crippen LogP contribution in [0, 0.1) is 5.92 Å². The van der Waals surface area contributed by atoms with Crippen molar-refractivity contribution < 1.29 is 8.42 Å². The minimum Gasteiger partial charge on any atom is -0.302 e. The van der Waals surface area contributed by atoms with Crippen LogP contribution >= 0.6 is 0 Å². The number of piperidine rings is 1. The highest BCUT2D eigenvalue weighted by Gasteiger charge is 2.19. The first kappa shape index (κ1) is 16.8. The quantitative estimate of drug-likeness (QED) is 0.472. The summed E-state index contributed by atoms with van der Waals surface area (Å²) >= 11 is 0. The minimum absolute atomic E-state index is 0.295. The maximum atomic E-state index is 12.1. The number of hydrogen-bond donors (Lipinski definition) is 1. The molecule has 0 atom stereocenters. The van der Waals surface area contributed by atoms with E-state index in [4.69, 9.17) is 5.53 Å². The molecular weight excluding hydrogens is 302 g/mol. The van der Waals surface area contributed by atoms with E-state index in [1.54, 1.807) is 30.3 Å². The zero-order chi connectivity index (χ0) is 15.8. The molecule has 8 heteroatoms. The van der Waals surface area contributed by atoms with Crippen molar-refractivity contribution in [3.05, 3.63) is 40.8 Å². The summed E-state index contributed by atoms with van der Waals surface area (Å²) in [4.78, 5) is 5.32. The van der Waals surface area contributed by atoms with Gasteiger partial charge in [0.25, 0.3) is 0 Å². The summed E-state index contributed by atoms with van der Waals surface area (Å²) in [6, 6.07) is 8.39. The molecule has 0 saturated carbocycles. The van der Waals surface area contributed by atoms with Gasteiger partial charge in [0, 0.05) is 24.5 Å². The second kappa shape index (κ2) is 8.14. The highest BCUT2D eigenvalue weighted by molar-refractivity contribution is 7.89. The van der Waals surface area contributed by atoms with Crippen molar-refractivity contribution in [3.8, 4) is 0 Å². The first-order valence-corrected chi connectivity index (χ1v) is 8.88. The Labute approximate surface area is 131 Å². The zero-order valence-electron chi connectivity index (χ0n) is 12.4. The molecule has 0 unspecified atom stereocenters. The number of nitrogens with zero attached hydrogens (tertiary/aromatic N) is 4. The van der Waals surface area contributed by atoms with Crippen molar-refractivity contribution in [1.82, 2.24) is 9.62 Å². The highest BCUT2D eigenvalue weighted by Crippen LogP contribution is 2.17. The second-order valence-electron chi connectivity index (χ2n) is 5.41. The van der Waals surface area contributed by atoms with Gasteiger partial charge >= 0.3 is 0 Å². The van der Waals surface area contributed by atoms with E-state index >= 15 is 0 Å². The minimum atomic E-state index is -3.42. The van der Waals surface area contributed by atoms with E-state index in [0.29, 0.717) is 30.4 Å². The van der Waals surface area contributed by atoms with E-state index in [1.807, 2.05) is 0 Å². The molecular formula is C14H21N5O2S. The summed E-state index contributed by atoms with van der Waals surface area (Å²) in [6.45, 7) is 3.49. The van der Waals surface area contributed by atoms with Gasteiger partial charge < -0.3 is 4.90 Å². The molecule has 0 amide bonds. The standard InChI is InChI=1S/C14H21N5O2S/c15-18-16-12-13-6-9-19(10-7-13)11-8-17-22(20,21)14-4-2-1-3-5-14/h1-5,13,17H,6-12H2. The van der Waals surface area contributed by atoms with Gasteiger partial charge in [0.1, 0.15) is 0 Å². The number of rotatable bonds is 7. The Morgan fingerprint density at radius 2 is 1.95 bits per heavy atom. The van der Waals surface area contributed by atoms with E-state index in [0.717, 1.165) is 25.9 Å². The summed E-state index contributed by atoms with van der Waals surface area (Å²) in [5, 5.41) is 3.62. The van der Waals surface area contributed by atoms with Crippen LogP contribution in [0.5, 0.6) is 0 Å². The Hall–Kier alpha value is -1.60. The number of benzene rings is 1. The molecule has 1 aromatic carbocycles. The monoisotopic (exact) mass is 323 g/mol. The SMILES string of the molecule is [N-]=[N+]=NCC1CCN(CCNS(=O)(=O)c2ccccc2)CC1. The maximum Gasteiger partial charge on any atom is 0.240 e. The van der Waals surface area contributed by atoms with Gasteiger partial charge in [-0.25, -0.2) is 13.1 Å². The third-order valence-electron chi connectivity index (χ3n) is 3.88. The lowest BCUT2D eigenvalue weighted by Gasteiger charge is -2.31. The molecule has 2 rings (SSSR count). The molecule has 1 heterocycles. The molecule has 0 spiro atoms. The average Bonchev–Trinajstić information content (AvgIpc) is 2.55. The molecule has 1 saturated heterocycles. The van der Waals surface area contributed by atoms with Crippen LogP contribution in [-0.4, -0.2) is 46.0 Å². The van der Waals surface area contributed by atoms with E-state index in [1.165, 1.54) is 0 Å². The molecule has 1 aliphatic rings. The third-order valence-corrected chi connectivity index (χ3v) is 5.36. The van der Waals surface area contributed by atoms with Gasteiger partial charge in [0.2, 0.25) is 10.0 Å². The summed E-state index contributed by atoms with van der Waals surface area (Å²) in [7, 11) is -3.42. The van der Waals surface area contributed by atoms with Crippen LogP contribution in [0.4, 0.5) is 0 Å². The highest BCUT2D eigenvalue weighted by atomic mass is 32.2. The Balaban J connectivity index is 1.72. The van der Waals surface area contributed by atoms with Crippen molar-refractivity contribution in [1.29, 1.82) is 0 Å². The summed E-state index contributed by atoms with van der Waals surface area (Å²) in [5.74, 6) is 0.452. The van der Waals surface area contributed by atoms with Crippen LogP contribution in [0.25, 0.3) is 10.4 Å². The topological polar surface area (TPSA) is 98.2 Å². The zero-order valence-corrected chi connectivity index (χ0v) is 13.2. The van der Waals surface area contributed by atoms with Gasteiger partial charge in [0.15, 0.2) is 0 Å². The average molecular weight is 323 g/mol. The third kappa shape index (κ3) is 4.99. The number of hydrogen-bond acceptors (Lipinski definition) is 4. The fourth-order valence-electron chi connectivity index (χ4n) is 2.57. The van der Waals surface area contributed by atoms with Crippen molar-refractivity contribution in [2.45, 2.75) is 17.7 Å². The first-order chi connectivity index (χ1) is 10.6. The van der Waals surface area contributed by atoms with Crippen molar-refractivity contribution in [2.75, 3.05) is 32.7 Å². The molecule has 0 radical (unpaired) electrons. The van der Waals surface area contributed by atoms with Gasteiger partial charge in [-0.3, -0.25) is 0 Å². The van der Waals surface area contributed by atoms with Crippen molar-refractivity contribution in [2.24, 2.45) is 11.0 Å². The molecule has 1 aliphatic heterocycles. The Kier molecular flexibility index (Phi) is 6.21. The first-order valence-electron chi connectivity index (χ1n) is 7.40. The Morgan fingerprint density at radius 3 is 2.59 bits per heavy atom. The predicted octanol–water partition coefficient (Wildman–Crippen LogP) is 1.99. The summed E-state index contributed by atoms with van der Waals surface area (Å²) < 4.78 is 26.8. The van der Waals surface area contributed by atoms with Gasteiger partial charge in [-0.15, -0.1) is 0 Å². The molecule has 0 aromatic heterocycles. The number of sulfonamides is 1. The van der Waals surface area contributed by atoms with Crippen LogP contribution in [-0.2, 0) is 10.0 Å². The lowest BCUT2D eigenvalue weighted by atomic mass is 9.97. The predicted molar refractivity (Wildman–Crippen MR) is 84.8 cm³/mol. The van der Waals surface area contributed by atoms with Crippen LogP contribution in [0.3, 0.4) is 0 Å². The summed E-state index contributed by atoms with van der Waals surface area (Å²) in [5.41, 5.74) is 8.32. The van der Waals surface area contributed by atoms with E-state index < -0.39 is 10.0 Å². The smallest absolute Gasteiger partial charge is 0.240 e. The molecule has 1 aromatic rings. The molecule has 0 aliphatic carbocycles. The van der Waals surface area contributed by atoms with Crippen molar-refractivity contribution in [3.63, 3.8) is 0 Å². The molecule has 7 nitrogen and oxygen atoms in total. The normalized spacial score (nSPS) is 17.1. The van der Waals surface area contributed by atoms with Gasteiger partial charge in [-0.1, -0.05) is 23.3 Å². The molecule has 1 N–H and O–H groups in total. The van der Waals surface area contributed by atoms with Crippen molar-refractivity contribution >= 4 is 10.0 Å². The molecule has 0 bridgehead atoms. The lowest BCUT2D eigenvalue weighted by molar-refractivity contribution is 0.190. The summed E-state index contributed by atoms with van der Waals surface area (Å²) in [6.07, 6.45) is 1.98. The largest absolute Gasteiger partial charge is 0.302 e. The van der Waals surface area contributed by atoms with Crippen LogP contribution in [0.2, 0.25) is 0 Å². The van der Waals surface area contributed by atoms with E-state index in [-0.39, 0.29) is 0 Å². The molecule has 1 fully saturated rings. The number of azide groups is 1. The van der Waals surface area contributed by atoms with Gasteiger partial charge in [-0.05, 0) is 49.5 Å². The van der Waals surface area contributed by atoms with E-state index in [9.17, 15) is 8.42 Å². The van der Waals surface area contributed by atoms with Crippen LogP contribution in [0.1, 0.15) is 12.8 Å². The molecule has 120 valence electrons. The lowest BCUT2D eigenvalue weighted by Crippen LogP contribution is -2.40. The molecule has 22 heavy (non-hydrogen) atoms. The Morgan fingerprint density at radius 1 is 1.27 bits per heavy atom. The Bertz CT molecular complexity index is 605.